The van der Waals surface area contributed by atoms with Gasteiger partial charge < -0.3 is 9.30 Å². The van der Waals surface area contributed by atoms with Crippen LogP contribution >= 0.6 is 0 Å². The second-order valence-corrected chi connectivity index (χ2v) is 10.3. The van der Waals surface area contributed by atoms with Crippen molar-refractivity contribution in [2.75, 3.05) is 13.7 Å². The largest absolute Gasteiger partial charge is 0.383 e. The molecular weight excluding hydrogens is 508 g/mol. The number of benzene rings is 2. The van der Waals surface area contributed by atoms with Crippen LogP contribution in [0.5, 0.6) is 0 Å². The molecule has 3 heterocycles. The molecule has 0 unspecified atom stereocenters. The minimum atomic E-state index is -0.315. The van der Waals surface area contributed by atoms with Crippen LogP contribution in [-0.4, -0.2) is 53.0 Å². The van der Waals surface area contributed by atoms with E-state index in [4.69, 9.17) is 9.72 Å². The molecule has 11 nitrogen and oxygen atoms in total. The second kappa shape index (κ2) is 11.0. The lowest BCUT2D eigenvalue weighted by Crippen LogP contribution is -2.41. The van der Waals surface area contributed by atoms with Crippen LogP contribution in [0.4, 0.5) is 0 Å². The van der Waals surface area contributed by atoms with Crippen molar-refractivity contribution in [3.05, 3.63) is 80.8 Å². The van der Waals surface area contributed by atoms with E-state index in [9.17, 15) is 9.59 Å². The van der Waals surface area contributed by atoms with Gasteiger partial charge in [-0.3, -0.25) is 13.9 Å². The van der Waals surface area contributed by atoms with Crippen molar-refractivity contribution in [1.29, 1.82) is 0 Å². The number of rotatable bonds is 11. The van der Waals surface area contributed by atoms with Gasteiger partial charge in [0, 0.05) is 32.2 Å². The smallest absolute Gasteiger partial charge is 0.332 e. The highest BCUT2D eigenvalue weighted by Crippen LogP contribution is 2.32. The van der Waals surface area contributed by atoms with E-state index in [2.05, 4.69) is 51.8 Å². The van der Waals surface area contributed by atoms with Gasteiger partial charge in [-0.2, -0.15) is 0 Å². The minimum absolute atomic E-state index is 0.206. The van der Waals surface area contributed by atoms with Crippen molar-refractivity contribution in [3.63, 3.8) is 0 Å². The van der Waals surface area contributed by atoms with Gasteiger partial charge >= 0.3 is 5.69 Å². The molecule has 0 amide bonds. The van der Waals surface area contributed by atoms with E-state index in [1.54, 1.807) is 11.7 Å². The Labute approximate surface area is 230 Å². The predicted molar refractivity (Wildman–Crippen MR) is 151 cm³/mol. The molecule has 1 aliphatic rings. The molecule has 6 rings (SSSR count). The van der Waals surface area contributed by atoms with Crippen molar-refractivity contribution < 1.29 is 4.74 Å². The summed E-state index contributed by atoms with van der Waals surface area (Å²) in [4.78, 5) is 32.0. The van der Waals surface area contributed by atoms with E-state index in [-0.39, 0.29) is 24.4 Å². The number of nitrogens with one attached hydrogen (secondary N) is 1. The summed E-state index contributed by atoms with van der Waals surface area (Å²) in [5.74, 6) is 1.88. The molecule has 40 heavy (non-hydrogen) atoms. The van der Waals surface area contributed by atoms with Crippen molar-refractivity contribution >= 4 is 11.2 Å². The highest BCUT2D eigenvalue weighted by Gasteiger charge is 2.27. The number of ether oxygens (including phenoxy) is 1. The van der Waals surface area contributed by atoms with Crippen LogP contribution in [-0.2, 0) is 30.8 Å². The van der Waals surface area contributed by atoms with Crippen LogP contribution in [0.15, 0.2) is 58.1 Å². The molecule has 1 fully saturated rings. The molecule has 0 bridgehead atoms. The highest BCUT2D eigenvalue weighted by atomic mass is 16.5. The van der Waals surface area contributed by atoms with Crippen molar-refractivity contribution in [2.24, 2.45) is 5.92 Å². The fraction of sp³-hybridized carbons (Fsp3) is 0.379. The summed E-state index contributed by atoms with van der Waals surface area (Å²) in [6, 6.07) is 16.2. The zero-order valence-electron chi connectivity index (χ0n) is 22.7. The van der Waals surface area contributed by atoms with Crippen LogP contribution < -0.4 is 11.2 Å². The Hall–Kier alpha value is -4.38. The molecule has 1 N–H and O–H groups in total. The first-order chi connectivity index (χ1) is 19.6. The van der Waals surface area contributed by atoms with Gasteiger partial charge in [0.15, 0.2) is 17.0 Å². The van der Waals surface area contributed by atoms with E-state index < -0.39 is 0 Å². The summed E-state index contributed by atoms with van der Waals surface area (Å²) < 4.78 is 10.2. The van der Waals surface area contributed by atoms with Crippen molar-refractivity contribution in [1.82, 2.24) is 39.3 Å². The number of hydrogen-bond donors (Lipinski definition) is 1. The first-order valence-corrected chi connectivity index (χ1v) is 13.7. The quantitative estimate of drug-likeness (QED) is 0.273. The molecule has 3 aromatic heterocycles. The molecule has 1 aliphatic carbocycles. The third-order valence-electron chi connectivity index (χ3n) is 7.46. The van der Waals surface area contributed by atoms with Crippen LogP contribution in [0.2, 0.25) is 0 Å². The maximum Gasteiger partial charge on any atom is 0.332 e. The Morgan fingerprint density at radius 3 is 2.45 bits per heavy atom. The lowest BCUT2D eigenvalue weighted by molar-refractivity contribution is 0.184. The number of H-pyrrole nitrogens is 1. The Balaban J connectivity index is 1.42. The highest BCUT2D eigenvalue weighted by molar-refractivity contribution is 5.80. The lowest BCUT2D eigenvalue weighted by atomic mass is 9.98. The first-order valence-electron chi connectivity index (χ1n) is 13.7. The van der Waals surface area contributed by atoms with Gasteiger partial charge in [0.1, 0.15) is 5.82 Å². The molecule has 0 saturated heterocycles. The van der Waals surface area contributed by atoms with Gasteiger partial charge in [0.25, 0.3) is 5.56 Å². The van der Waals surface area contributed by atoms with Crippen LogP contribution in [0, 0.1) is 5.92 Å². The van der Waals surface area contributed by atoms with Gasteiger partial charge in [-0.1, -0.05) is 55.5 Å². The number of nitrogens with zero attached hydrogens (tertiary/aromatic N) is 7. The topological polar surface area (TPSA) is 126 Å². The van der Waals surface area contributed by atoms with Gasteiger partial charge in [-0.25, -0.2) is 14.9 Å². The van der Waals surface area contributed by atoms with E-state index in [1.165, 1.54) is 4.57 Å². The Morgan fingerprint density at radius 1 is 1.00 bits per heavy atom. The molecule has 0 spiro atoms. The zero-order valence-corrected chi connectivity index (χ0v) is 22.7. The fourth-order valence-electron chi connectivity index (χ4n) is 5.21. The third kappa shape index (κ3) is 4.88. The molecule has 0 aliphatic heterocycles. The molecule has 0 atom stereocenters. The van der Waals surface area contributed by atoms with Crippen LogP contribution in [0.1, 0.15) is 37.6 Å². The summed E-state index contributed by atoms with van der Waals surface area (Å²) in [5, 5.41) is 14.3. The van der Waals surface area contributed by atoms with E-state index in [0.29, 0.717) is 42.4 Å². The Bertz CT molecular complexity index is 1750. The SMILES string of the molecule is CCCc1nc2c(c(=O)n(CCOC)c(=O)n2CC2CC2)n1Cc1ccc(-c2ccccc2-c2nnn[nH]2)cc1. The molecule has 11 heteroatoms. The van der Waals surface area contributed by atoms with E-state index in [0.717, 1.165) is 47.3 Å². The molecule has 206 valence electrons. The average Bonchev–Trinajstić information content (AvgIpc) is 3.49. The minimum Gasteiger partial charge on any atom is -0.383 e. The molecular formula is C29H32N8O3. The monoisotopic (exact) mass is 540 g/mol. The number of fused-ring (bicyclic) bond motifs is 1. The van der Waals surface area contributed by atoms with Gasteiger partial charge in [0.05, 0.1) is 13.2 Å². The fourth-order valence-corrected chi connectivity index (χ4v) is 5.21. The number of methoxy groups -OCH3 is 1. The number of aromatic nitrogens is 8. The van der Waals surface area contributed by atoms with E-state index >= 15 is 0 Å². The molecule has 0 radical (unpaired) electrons. The molecule has 2 aromatic carbocycles. The van der Waals surface area contributed by atoms with Crippen molar-refractivity contribution in [3.8, 4) is 22.5 Å². The normalized spacial score (nSPS) is 13.3. The summed E-state index contributed by atoms with van der Waals surface area (Å²) >= 11 is 0. The second-order valence-electron chi connectivity index (χ2n) is 10.3. The number of aromatic amines is 1. The molecule has 1 saturated carbocycles. The average molecular weight is 541 g/mol. The van der Waals surface area contributed by atoms with Gasteiger partial charge in [0.2, 0.25) is 0 Å². The number of hydrogen-bond acceptors (Lipinski definition) is 7. The van der Waals surface area contributed by atoms with Gasteiger partial charge in [-0.05, 0) is 52.3 Å². The predicted octanol–water partition coefficient (Wildman–Crippen LogP) is 3.26. The number of tetrazole rings is 1. The van der Waals surface area contributed by atoms with E-state index in [1.807, 2.05) is 28.8 Å². The van der Waals surface area contributed by atoms with Crippen LogP contribution in [0.3, 0.4) is 0 Å². The Morgan fingerprint density at radius 2 is 1.77 bits per heavy atom. The summed E-state index contributed by atoms with van der Waals surface area (Å²) in [6.07, 6.45) is 3.77. The molecule has 5 aromatic rings. The van der Waals surface area contributed by atoms with Crippen molar-refractivity contribution in [2.45, 2.75) is 52.2 Å². The first kappa shape index (κ1) is 25.9. The van der Waals surface area contributed by atoms with Gasteiger partial charge in [-0.15, -0.1) is 5.10 Å². The maximum absolute atomic E-state index is 13.7. The maximum atomic E-state index is 13.7. The summed E-state index contributed by atoms with van der Waals surface area (Å²) in [7, 11) is 1.57. The zero-order chi connectivity index (χ0) is 27.6. The lowest BCUT2D eigenvalue weighted by Gasteiger charge is -2.13. The summed E-state index contributed by atoms with van der Waals surface area (Å²) in [6.45, 7) is 3.64. The standard InChI is InChI=1S/C29H32N8O3/c1-3-6-24-30-27-25(28(38)35(15-16-40-2)29(39)37(27)18-19-9-10-19)36(24)17-20-11-13-21(14-12-20)22-7-4-5-8-23(22)26-31-33-34-32-26/h4-5,7-8,11-14,19H,3,6,9-10,15-18H2,1-2H3,(H,31,32,33,34). The van der Waals surface area contributed by atoms with Crippen LogP contribution in [0.25, 0.3) is 33.7 Å². The summed E-state index contributed by atoms with van der Waals surface area (Å²) in [5.41, 5.74) is 4.33. The number of aryl methyl sites for hydroxylation is 1. The number of imidazole rings is 1. The third-order valence-corrected chi connectivity index (χ3v) is 7.46. The Kier molecular flexibility index (Phi) is 7.12.